The van der Waals surface area contributed by atoms with E-state index in [0.717, 1.165) is 25.2 Å². The molecular formula is C15H22N2O. The van der Waals surface area contributed by atoms with E-state index in [1.54, 1.807) is 0 Å². The largest absolute Gasteiger partial charge is 0.355 e. The van der Waals surface area contributed by atoms with Crippen molar-refractivity contribution in [2.24, 2.45) is 11.8 Å². The van der Waals surface area contributed by atoms with Gasteiger partial charge in [-0.3, -0.25) is 4.79 Å². The number of benzene rings is 1. The van der Waals surface area contributed by atoms with E-state index >= 15 is 0 Å². The lowest BCUT2D eigenvalue weighted by Gasteiger charge is -2.28. The predicted octanol–water partition coefficient (Wildman–Crippen LogP) is 1.76. The summed E-state index contributed by atoms with van der Waals surface area (Å²) in [5.74, 6) is 1.03. The molecule has 1 aliphatic heterocycles. The van der Waals surface area contributed by atoms with Crippen LogP contribution in [0.4, 0.5) is 0 Å². The molecule has 0 radical (unpaired) electrons. The molecule has 1 fully saturated rings. The van der Waals surface area contributed by atoms with Crippen LogP contribution in [0.5, 0.6) is 0 Å². The van der Waals surface area contributed by atoms with Crippen molar-refractivity contribution in [1.82, 2.24) is 10.6 Å². The zero-order chi connectivity index (χ0) is 13.0. The fourth-order valence-corrected chi connectivity index (χ4v) is 2.35. The van der Waals surface area contributed by atoms with Gasteiger partial charge in [0.15, 0.2) is 0 Å². The summed E-state index contributed by atoms with van der Waals surface area (Å²) in [5.41, 5.74) is 1.11. The zero-order valence-corrected chi connectivity index (χ0v) is 11.1. The van der Waals surface area contributed by atoms with Gasteiger partial charge in [0.2, 0.25) is 5.91 Å². The molecule has 1 unspecified atom stereocenters. The SMILES string of the molecule is CC(C)C(C(=O)NCC1CNC1)c1ccccc1. The molecule has 1 saturated heterocycles. The van der Waals surface area contributed by atoms with Crippen LogP contribution in [0.3, 0.4) is 0 Å². The number of carbonyl (C=O) groups is 1. The first-order chi connectivity index (χ1) is 8.68. The van der Waals surface area contributed by atoms with Gasteiger partial charge in [0.05, 0.1) is 5.92 Å². The van der Waals surface area contributed by atoms with Gasteiger partial charge in [0.25, 0.3) is 0 Å². The number of nitrogens with one attached hydrogen (secondary N) is 2. The topological polar surface area (TPSA) is 41.1 Å². The number of hydrogen-bond donors (Lipinski definition) is 2. The highest BCUT2D eigenvalue weighted by atomic mass is 16.1. The molecular weight excluding hydrogens is 224 g/mol. The Morgan fingerprint density at radius 1 is 1.33 bits per heavy atom. The van der Waals surface area contributed by atoms with E-state index in [2.05, 4.69) is 24.5 Å². The van der Waals surface area contributed by atoms with Crippen molar-refractivity contribution >= 4 is 5.91 Å². The maximum atomic E-state index is 12.3. The van der Waals surface area contributed by atoms with Crippen molar-refractivity contribution in [3.8, 4) is 0 Å². The Balaban J connectivity index is 1.98. The first-order valence-electron chi connectivity index (χ1n) is 6.72. The molecule has 1 aromatic carbocycles. The number of amides is 1. The Morgan fingerprint density at radius 2 is 2.00 bits per heavy atom. The van der Waals surface area contributed by atoms with E-state index in [4.69, 9.17) is 0 Å². The van der Waals surface area contributed by atoms with Crippen LogP contribution in [0, 0.1) is 11.8 Å². The van der Waals surface area contributed by atoms with Gasteiger partial charge in [-0.1, -0.05) is 44.2 Å². The van der Waals surface area contributed by atoms with E-state index in [9.17, 15) is 4.79 Å². The van der Waals surface area contributed by atoms with Crippen LogP contribution in [0.25, 0.3) is 0 Å². The molecule has 1 atom stereocenters. The maximum absolute atomic E-state index is 12.3. The minimum absolute atomic E-state index is 0.0424. The van der Waals surface area contributed by atoms with Crippen LogP contribution >= 0.6 is 0 Å². The zero-order valence-electron chi connectivity index (χ0n) is 11.1. The van der Waals surface area contributed by atoms with Gasteiger partial charge in [-0.05, 0) is 11.5 Å². The molecule has 0 spiro atoms. The summed E-state index contributed by atoms with van der Waals surface area (Å²) in [5, 5.41) is 6.30. The van der Waals surface area contributed by atoms with Gasteiger partial charge in [-0.2, -0.15) is 0 Å². The lowest BCUT2D eigenvalue weighted by molar-refractivity contribution is -0.123. The lowest BCUT2D eigenvalue weighted by atomic mass is 9.87. The third kappa shape index (κ3) is 3.10. The maximum Gasteiger partial charge on any atom is 0.227 e. The third-order valence-corrected chi connectivity index (χ3v) is 3.54. The Bertz CT molecular complexity index is 385. The second-order valence-corrected chi connectivity index (χ2v) is 5.40. The summed E-state index contributed by atoms with van der Waals surface area (Å²) in [6.45, 7) is 7.04. The number of carbonyl (C=O) groups excluding carboxylic acids is 1. The first-order valence-corrected chi connectivity index (χ1v) is 6.72. The summed E-state index contributed by atoms with van der Waals surface area (Å²) < 4.78 is 0. The molecule has 0 aliphatic carbocycles. The Hall–Kier alpha value is -1.35. The molecule has 18 heavy (non-hydrogen) atoms. The molecule has 0 saturated carbocycles. The third-order valence-electron chi connectivity index (χ3n) is 3.54. The second kappa shape index (κ2) is 6.01. The van der Waals surface area contributed by atoms with Gasteiger partial charge >= 0.3 is 0 Å². The standard InChI is InChI=1S/C15H22N2O/c1-11(2)14(13-6-4-3-5-7-13)15(18)17-10-12-8-16-9-12/h3-7,11-12,14,16H,8-10H2,1-2H3,(H,17,18). The molecule has 1 aromatic rings. The van der Waals surface area contributed by atoms with E-state index in [1.807, 2.05) is 30.3 Å². The van der Waals surface area contributed by atoms with Crippen LogP contribution in [0.15, 0.2) is 30.3 Å². The average molecular weight is 246 g/mol. The minimum atomic E-state index is -0.0424. The molecule has 3 heteroatoms. The summed E-state index contributed by atoms with van der Waals surface area (Å²) in [6, 6.07) is 10.0. The van der Waals surface area contributed by atoms with E-state index in [0.29, 0.717) is 11.8 Å². The summed E-state index contributed by atoms with van der Waals surface area (Å²) in [6.07, 6.45) is 0. The van der Waals surface area contributed by atoms with Crippen LogP contribution in [-0.2, 0) is 4.79 Å². The molecule has 3 nitrogen and oxygen atoms in total. The van der Waals surface area contributed by atoms with Crippen LogP contribution in [0.1, 0.15) is 25.3 Å². The Morgan fingerprint density at radius 3 is 2.50 bits per heavy atom. The van der Waals surface area contributed by atoms with Crippen molar-refractivity contribution in [1.29, 1.82) is 0 Å². The van der Waals surface area contributed by atoms with Gasteiger partial charge in [-0.15, -0.1) is 0 Å². The van der Waals surface area contributed by atoms with Gasteiger partial charge < -0.3 is 10.6 Å². The van der Waals surface area contributed by atoms with Crippen LogP contribution in [0.2, 0.25) is 0 Å². The normalized spacial score (nSPS) is 17.3. The van der Waals surface area contributed by atoms with Gasteiger partial charge in [0.1, 0.15) is 0 Å². The highest BCUT2D eigenvalue weighted by Crippen LogP contribution is 2.24. The molecule has 2 N–H and O–H groups in total. The molecule has 98 valence electrons. The molecule has 1 heterocycles. The van der Waals surface area contributed by atoms with Crippen molar-refractivity contribution in [2.75, 3.05) is 19.6 Å². The average Bonchev–Trinajstić information content (AvgIpc) is 2.28. The molecule has 0 bridgehead atoms. The molecule has 1 aliphatic rings. The van der Waals surface area contributed by atoms with Crippen LogP contribution in [-0.4, -0.2) is 25.5 Å². The van der Waals surface area contributed by atoms with E-state index in [1.165, 1.54) is 0 Å². The second-order valence-electron chi connectivity index (χ2n) is 5.40. The summed E-state index contributed by atoms with van der Waals surface area (Å²) in [4.78, 5) is 12.3. The Kier molecular flexibility index (Phi) is 4.37. The van der Waals surface area contributed by atoms with Crippen molar-refractivity contribution < 1.29 is 4.79 Å². The van der Waals surface area contributed by atoms with E-state index < -0.39 is 0 Å². The van der Waals surface area contributed by atoms with Crippen molar-refractivity contribution in [3.05, 3.63) is 35.9 Å². The van der Waals surface area contributed by atoms with Gasteiger partial charge in [0, 0.05) is 25.6 Å². The van der Waals surface area contributed by atoms with Gasteiger partial charge in [-0.25, -0.2) is 0 Å². The predicted molar refractivity (Wildman–Crippen MR) is 73.4 cm³/mol. The molecule has 2 rings (SSSR count). The smallest absolute Gasteiger partial charge is 0.227 e. The Labute approximate surface area is 109 Å². The number of rotatable bonds is 5. The van der Waals surface area contributed by atoms with Crippen LogP contribution < -0.4 is 10.6 Å². The highest BCUT2D eigenvalue weighted by Gasteiger charge is 2.25. The first kappa shape index (κ1) is 13.1. The fraction of sp³-hybridized carbons (Fsp3) is 0.533. The summed E-state index contributed by atoms with van der Waals surface area (Å²) in [7, 11) is 0. The summed E-state index contributed by atoms with van der Waals surface area (Å²) >= 11 is 0. The van der Waals surface area contributed by atoms with Crippen molar-refractivity contribution in [3.63, 3.8) is 0 Å². The molecule has 1 amide bonds. The highest BCUT2D eigenvalue weighted by molar-refractivity contribution is 5.83. The van der Waals surface area contributed by atoms with Crippen molar-refractivity contribution in [2.45, 2.75) is 19.8 Å². The molecule has 0 aromatic heterocycles. The minimum Gasteiger partial charge on any atom is -0.355 e. The quantitative estimate of drug-likeness (QED) is 0.831. The lowest BCUT2D eigenvalue weighted by Crippen LogP contribution is -2.49. The fourth-order valence-electron chi connectivity index (χ4n) is 2.35. The van der Waals surface area contributed by atoms with E-state index in [-0.39, 0.29) is 11.8 Å². The number of hydrogen-bond acceptors (Lipinski definition) is 2. The monoisotopic (exact) mass is 246 g/mol.